The van der Waals surface area contributed by atoms with E-state index in [0.717, 1.165) is 31.4 Å². The van der Waals surface area contributed by atoms with Gasteiger partial charge in [0.1, 0.15) is 11.9 Å². The molecule has 0 heterocycles. The summed E-state index contributed by atoms with van der Waals surface area (Å²) in [6, 6.07) is 6.42. The summed E-state index contributed by atoms with van der Waals surface area (Å²) in [7, 11) is 3.36. The first-order valence-electron chi connectivity index (χ1n) is 9.07. The highest BCUT2D eigenvalue weighted by Gasteiger charge is 2.62. The number of aryl methyl sites for hydroxylation is 1. The normalized spacial score (nSPS) is 43.7. The molecule has 2 N–H and O–H groups in total. The van der Waals surface area contributed by atoms with Gasteiger partial charge in [-0.15, -0.1) is 0 Å². The van der Waals surface area contributed by atoms with Crippen LogP contribution < -0.4 is 4.74 Å². The number of aliphatic hydroxyl groups is 2. The highest BCUT2D eigenvalue weighted by molar-refractivity contribution is 5.41. The molecule has 3 unspecified atom stereocenters. The Hall–Kier alpha value is -1.10. The van der Waals surface area contributed by atoms with E-state index in [9.17, 15) is 10.2 Å². The molecule has 4 heteroatoms. The van der Waals surface area contributed by atoms with E-state index in [1.165, 1.54) is 11.1 Å². The molecule has 1 aromatic carbocycles. The minimum atomic E-state index is -0.777. The highest BCUT2D eigenvalue weighted by Crippen LogP contribution is 2.61. The predicted octanol–water partition coefficient (Wildman–Crippen LogP) is 2.51. The zero-order chi connectivity index (χ0) is 17.1. The van der Waals surface area contributed by atoms with Crippen molar-refractivity contribution in [2.75, 3.05) is 14.2 Å². The van der Waals surface area contributed by atoms with Crippen LogP contribution in [0.5, 0.6) is 5.75 Å². The quantitative estimate of drug-likeness (QED) is 0.874. The van der Waals surface area contributed by atoms with Crippen LogP contribution >= 0.6 is 0 Å². The van der Waals surface area contributed by atoms with Crippen LogP contribution in [0.4, 0.5) is 0 Å². The van der Waals surface area contributed by atoms with Gasteiger partial charge < -0.3 is 19.7 Å². The molecule has 0 amide bonds. The molecule has 0 radical (unpaired) electrons. The van der Waals surface area contributed by atoms with Gasteiger partial charge >= 0.3 is 0 Å². The van der Waals surface area contributed by atoms with Crippen molar-refractivity contribution < 1.29 is 19.7 Å². The molecule has 0 aliphatic heterocycles. The lowest BCUT2D eigenvalue weighted by atomic mass is 9.55. The molecule has 3 aliphatic carbocycles. The third kappa shape index (κ3) is 2.09. The average Bonchev–Trinajstić information content (AvgIpc) is 2.79. The number of methoxy groups -OCH3 is 2. The minimum absolute atomic E-state index is 0.103. The SMILES string of the molecule is COc1ccc2c(c1)CCC1C2CC[C@@]2(C)C1[C@@H](O)[C@@H](O)[C@@H]2OC. The van der Waals surface area contributed by atoms with Crippen molar-refractivity contribution >= 4 is 0 Å². The molecule has 24 heavy (non-hydrogen) atoms. The molecule has 0 spiro atoms. The minimum Gasteiger partial charge on any atom is -0.497 e. The number of benzene rings is 1. The number of fused-ring (bicyclic) bond motifs is 5. The summed E-state index contributed by atoms with van der Waals surface area (Å²) in [6.45, 7) is 2.20. The molecule has 4 nitrogen and oxygen atoms in total. The Morgan fingerprint density at radius 2 is 1.92 bits per heavy atom. The molecule has 0 bridgehead atoms. The molecular weight excluding hydrogens is 304 g/mol. The second-order valence-corrected chi connectivity index (χ2v) is 8.08. The largest absolute Gasteiger partial charge is 0.497 e. The van der Waals surface area contributed by atoms with Crippen molar-refractivity contribution in [1.29, 1.82) is 0 Å². The van der Waals surface area contributed by atoms with E-state index in [1.807, 2.05) is 6.07 Å². The van der Waals surface area contributed by atoms with E-state index in [-0.39, 0.29) is 17.4 Å². The summed E-state index contributed by atoms with van der Waals surface area (Å²) < 4.78 is 11.0. The maximum Gasteiger partial charge on any atom is 0.119 e. The molecule has 0 aromatic heterocycles. The summed E-state index contributed by atoms with van der Waals surface area (Å²) in [4.78, 5) is 0. The lowest BCUT2D eigenvalue weighted by Crippen LogP contribution is -2.46. The van der Waals surface area contributed by atoms with Crippen LogP contribution in [0.2, 0.25) is 0 Å². The topological polar surface area (TPSA) is 58.9 Å². The van der Waals surface area contributed by atoms with Gasteiger partial charge in [0.05, 0.1) is 19.3 Å². The fraction of sp³-hybridized carbons (Fsp3) is 0.700. The van der Waals surface area contributed by atoms with Crippen molar-refractivity contribution in [2.45, 2.75) is 56.8 Å². The van der Waals surface area contributed by atoms with Gasteiger partial charge in [0.25, 0.3) is 0 Å². The molecule has 7 atom stereocenters. The zero-order valence-corrected chi connectivity index (χ0v) is 14.7. The molecule has 132 valence electrons. The van der Waals surface area contributed by atoms with Crippen molar-refractivity contribution in [2.24, 2.45) is 17.3 Å². The van der Waals surface area contributed by atoms with Gasteiger partial charge in [-0.3, -0.25) is 0 Å². The smallest absolute Gasteiger partial charge is 0.119 e. The molecular formula is C20H28O4. The Labute approximate surface area is 143 Å². The van der Waals surface area contributed by atoms with Gasteiger partial charge in [-0.2, -0.15) is 0 Å². The van der Waals surface area contributed by atoms with Crippen molar-refractivity contribution in [1.82, 2.24) is 0 Å². The maximum absolute atomic E-state index is 10.8. The number of hydrogen-bond acceptors (Lipinski definition) is 4. The summed E-state index contributed by atoms with van der Waals surface area (Å²) in [5.74, 6) is 1.90. The van der Waals surface area contributed by atoms with Gasteiger partial charge in [0.2, 0.25) is 0 Å². The molecule has 4 rings (SSSR count). The first-order chi connectivity index (χ1) is 11.5. The number of aliphatic hydroxyl groups excluding tert-OH is 2. The van der Waals surface area contributed by atoms with E-state index >= 15 is 0 Å². The number of hydrogen-bond donors (Lipinski definition) is 2. The first-order valence-corrected chi connectivity index (χ1v) is 9.07. The second kappa shape index (κ2) is 5.72. The fourth-order valence-electron chi connectivity index (χ4n) is 6.13. The Morgan fingerprint density at radius 1 is 1.12 bits per heavy atom. The predicted molar refractivity (Wildman–Crippen MR) is 91.2 cm³/mol. The van der Waals surface area contributed by atoms with Crippen LogP contribution in [0.25, 0.3) is 0 Å². The second-order valence-electron chi connectivity index (χ2n) is 8.08. The lowest BCUT2D eigenvalue weighted by Gasteiger charge is -2.50. The summed E-state index contributed by atoms with van der Waals surface area (Å²) in [6.07, 6.45) is 2.42. The average molecular weight is 332 g/mol. The van der Waals surface area contributed by atoms with Crippen LogP contribution in [-0.4, -0.2) is 42.7 Å². The molecule has 0 saturated heterocycles. The first kappa shape index (κ1) is 16.4. The molecule has 2 fully saturated rings. The Kier molecular flexibility index (Phi) is 3.90. The number of ether oxygens (including phenoxy) is 2. The van der Waals surface area contributed by atoms with Gasteiger partial charge in [0.15, 0.2) is 0 Å². The van der Waals surface area contributed by atoms with Crippen LogP contribution in [0.15, 0.2) is 18.2 Å². The van der Waals surface area contributed by atoms with Crippen LogP contribution in [0.3, 0.4) is 0 Å². The third-order valence-corrected chi connectivity index (χ3v) is 7.16. The fourth-order valence-corrected chi connectivity index (χ4v) is 6.13. The summed E-state index contributed by atoms with van der Waals surface area (Å²) >= 11 is 0. The van der Waals surface area contributed by atoms with Gasteiger partial charge in [-0.05, 0) is 66.7 Å². The summed E-state index contributed by atoms with van der Waals surface area (Å²) in [5.41, 5.74) is 2.66. The van der Waals surface area contributed by atoms with Crippen LogP contribution in [0.1, 0.15) is 43.2 Å². The van der Waals surface area contributed by atoms with E-state index in [0.29, 0.717) is 11.8 Å². The van der Waals surface area contributed by atoms with E-state index < -0.39 is 12.2 Å². The standard InChI is InChI=1S/C20H28O4/c1-20-9-8-14-13-7-5-12(23-2)10-11(13)4-6-15(14)16(20)17(21)18(22)19(20)24-3/h5,7,10,14-19,21-22H,4,6,8-9H2,1-3H3/t14?,15?,16?,17-,18-,19+,20+/m1/s1. The Morgan fingerprint density at radius 3 is 2.62 bits per heavy atom. The summed E-state index contributed by atoms with van der Waals surface area (Å²) in [5, 5.41) is 21.3. The van der Waals surface area contributed by atoms with Gasteiger partial charge in [0, 0.05) is 12.5 Å². The van der Waals surface area contributed by atoms with Crippen molar-refractivity contribution in [3.05, 3.63) is 29.3 Å². The Balaban J connectivity index is 1.71. The van der Waals surface area contributed by atoms with Gasteiger partial charge in [-0.1, -0.05) is 13.0 Å². The van der Waals surface area contributed by atoms with E-state index in [4.69, 9.17) is 9.47 Å². The molecule has 1 aromatic rings. The lowest BCUT2D eigenvalue weighted by molar-refractivity contribution is -0.0746. The third-order valence-electron chi connectivity index (χ3n) is 7.16. The van der Waals surface area contributed by atoms with Crippen LogP contribution in [0, 0.1) is 17.3 Å². The van der Waals surface area contributed by atoms with Crippen molar-refractivity contribution in [3.63, 3.8) is 0 Å². The van der Waals surface area contributed by atoms with Gasteiger partial charge in [-0.25, -0.2) is 0 Å². The molecule has 3 aliphatic rings. The monoisotopic (exact) mass is 332 g/mol. The van der Waals surface area contributed by atoms with E-state index in [2.05, 4.69) is 19.1 Å². The zero-order valence-electron chi connectivity index (χ0n) is 14.7. The highest BCUT2D eigenvalue weighted by atomic mass is 16.5. The number of rotatable bonds is 2. The Bertz CT molecular complexity index is 630. The molecule has 2 saturated carbocycles. The van der Waals surface area contributed by atoms with Crippen molar-refractivity contribution in [3.8, 4) is 5.75 Å². The maximum atomic E-state index is 10.8. The van der Waals surface area contributed by atoms with E-state index in [1.54, 1.807) is 14.2 Å². The van der Waals surface area contributed by atoms with Crippen LogP contribution in [-0.2, 0) is 11.2 Å².